The molecule has 0 aliphatic rings. The van der Waals surface area contributed by atoms with Crippen molar-refractivity contribution in [1.29, 1.82) is 0 Å². The van der Waals surface area contributed by atoms with Crippen LogP contribution in [0.2, 0.25) is 0 Å². The van der Waals surface area contributed by atoms with E-state index in [4.69, 9.17) is 9.84 Å². The van der Waals surface area contributed by atoms with Gasteiger partial charge in [0.05, 0.1) is 13.2 Å². The van der Waals surface area contributed by atoms with Gasteiger partial charge in [-0.2, -0.15) is 5.41 Å². The van der Waals surface area contributed by atoms with E-state index in [0.717, 1.165) is 19.4 Å². The van der Waals surface area contributed by atoms with Crippen molar-refractivity contribution < 1.29 is 75.3 Å². The van der Waals surface area contributed by atoms with Gasteiger partial charge in [0, 0.05) is 72.0 Å². The van der Waals surface area contributed by atoms with E-state index >= 15 is 0 Å². The quantitative estimate of drug-likeness (QED) is 0.598. The van der Waals surface area contributed by atoms with E-state index in [9.17, 15) is 0 Å². The molecule has 88 valence electrons. The molecule has 0 atom stereocenters. The number of aliphatic hydroxyl groups excluding tert-OH is 1. The number of ether oxygens (including phenoxy) is 1. The number of hydrogen-bond acceptors (Lipinski definition) is 2. The molecule has 0 heterocycles. The van der Waals surface area contributed by atoms with Crippen LogP contribution in [0.15, 0.2) is 0 Å². The Kier molecular flexibility index (Phi) is 31.9. The first-order valence-corrected chi connectivity index (χ1v) is 4.95. The maximum atomic E-state index is 8.24. The predicted molar refractivity (Wildman–Crippen MR) is 57.6 cm³/mol. The van der Waals surface area contributed by atoms with Crippen molar-refractivity contribution in [3.63, 3.8) is 0 Å². The maximum Gasteiger partial charge on any atom is 0.0697 e. The average molecular weight is 367 g/mol. The van der Waals surface area contributed by atoms with E-state index in [1.165, 1.54) is 0 Å². The number of unbranched alkanes of at least 4 members (excludes halogenated alkanes) is 1. The van der Waals surface area contributed by atoms with Gasteiger partial charge in [0.15, 0.2) is 0 Å². The van der Waals surface area contributed by atoms with E-state index in [0.29, 0.717) is 6.61 Å². The van der Waals surface area contributed by atoms with Gasteiger partial charge < -0.3 is 16.8 Å². The largest absolute Gasteiger partial charge is 0.394 e. The molecule has 2 nitrogen and oxygen atoms in total. The van der Waals surface area contributed by atoms with E-state index in [-0.39, 0.29) is 77.4 Å². The van der Waals surface area contributed by atoms with Gasteiger partial charge in [-0.25, -0.2) is 0 Å². The maximum absolute atomic E-state index is 8.24. The van der Waals surface area contributed by atoms with Crippen LogP contribution in [0, 0.1) is 12.3 Å². The van der Waals surface area contributed by atoms with E-state index in [1.807, 2.05) is 0 Å². The number of hydrogen-bond donors (Lipinski definition) is 1. The van der Waals surface area contributed by atoms with Gasteiger partial charge in [0.2, 0.25) is 0 Å². The Morgan fingerprint density at radius 2 is 1.53 bits per heavy atom. The van der Waals surface area contributed by atoms with Gasteiger partial charge in [-0.3, -0.25) is 0 Å². The van der Waals surface area contributed by atoms with Crippen LogP contribution >= 0.6 is 0 Å². The van der Waals surface area contributed by atoms with Crippen molar-refractivity contribution in [1.82, 2.24) is 0 Å². The summed E-state index contributed by atoms with van der Waals surface area (Å²) in [7, 11) is 0. The topological polar surface area (TPSA) is 29.5 Å². The van der Waals surface area contributed by atoms with Crippen LogP contribution in [-0.2, 0) is 70.2 Å². The van der Waals surface area contributed by atoms with E-state index < -0.39 is 0 Å². The first kappa shape index (κ1) is 25.9. The Hall–Kier alpha value is 2.13. The van der Waals surface area contributed by atoms with Gasteiger partial charge in [-0.15, -0.1) is 0 Å². The Balaban J connectivity index is -0.0000000770. The average Bonchev–Trinajstić information content (AvgIpc) is 1.95. The molecule has 0 saturated heterocycles. The van der Waals surface area contributed by atoms with Crippen molar-refractivity contribution in [3.8, 4) is 0 Å². The molecule has 1 N–H and O–H groups in total. The van der Waals surface area contributed by atoms with Gasteiger partial charge >= 0.3 is 0 Å². The molecule has 0 rings (SSSR count). The first-order valence-electron chi connectivity index (χ1n) is 4.95. The zero-order valence-corrected chi connectivity index (χ0v) is 16.4. The number of rotatable bonds is 5. The first-order chi connectivity index (χ1) is 5.91. The Bertz CT molecular complexity index is 81.1. The fraction of sp³-hybridized carbons (Fsp3) is 0.909. The summed E-state index contributed by atoms with van der Waals surface area (Å²) >= 11 is 0. The van der Waals surface area contributed by atoms with Crippen molar-refractivity contribution in [2.24, 2.45) is 5.41 Å². The Morgan fingerprint density at radius 1 is 1.13 bits per heavy atom. The molecule has 0 aliphatic carbocycles. The SMILES string of the molecule is CCCCOCCO.[CH2-]C(C)(C)C.[Y].[Y]. The van der Waals surface area contributed by atoms with E-state index in [1.54, 1.807) is 0 Å². The summed E-state index contributed by atoms with van der Waals surface area (Å²) in [5, 5.41) is 8.24. The molecule has 0 spiro atoms. The minimum absolute atomic E-state index is 0. The normalized spacial score (nSPS) is 9.20. The van der Waals surface area contributed by atoms with Crippen molar-refractivity contribution in [2.45, 2.75) is 40.5 Å². The molecule has 0 bridgehead atoms. The molecule has 0 aliphatic heterocycles. The van der Waals surface area contributed by atoms with Crippen LogP contribution in [0.25, 0.3) is 0 Å². The summed E-state index contributed by atoms with van der Waals surface area (Å²) in [6.45, 7) is 13.5. The second kappa shape index (κ2) is 18.5. The zero-order chi connectivity index (χ0) is 10.7. The molecule has 2 radical (unpaired) electrons. The summed E-state index contributed by atoms with van der Waals surface area (Å²) < 4.78 is 4.97. The molecular formula is C11H25O2Y2-. The van der Waals surface area contributed by atoms with Gasteiger partial charge in [0.1, 0.15) is 0 Å². The summed E-state index contributed by atoms with van der Waals surface area (Å²) in [5.74, 6) is 0. The summed E-state index contributed by atoms with van der Waals surface area (Å²) in [4.78, 5) is 0. The minimum Gasteiger partial charge on any atom is -0.394 e. The molecule has 0 saturated carbocycles. The second-order valence-electron chi connectivity index (χ2n) is 4.25. The monoisotopic (exact) mass is 367 g/mol. The standard InChI is InChI=1S/C6H14O2.C5H11.2Y/c1-2-3-5-8-6-4-7;1-5(2,3)4;;/h7H,2-6H2,1H3;1H2,2-4H3;;/q;-1;;. The fourth-order valence-electron chi connectivity index (χ4n) is 0.413. The fourth-order valence-corrected chi connectivity index (χ4v) is 0.413. The van der Waals surface area contributed by atoms with Crippen molar-refractivity contribution in [2.75, 3.05) is 19.8 Å². The Morgan fingerprint density at radius 3 is 1.80 bits per heavy atom. The third-order valence-electron chi connectivity index (χ3n) is 0.878. The molecule has 0 fully saturated rings. The predicted octanol–water partition coefficient (Wildman–Crippen LogP) is 2.66. The summed E-state index contributed by atoms with van der Waals surface area (Å²) in [6.07, 6.45) is 2.26. The molecule has 0 aromatic heterocycles. The Labute approximate surface area is 146 Å². The second-order valence-corrected chi connectivity index (χ2v) is 4.25. The summed E-state index contributed by atoms with van der Waals surface area (Å²) in [5.41, 5.74) is 0.250. The van der Waals surface area contributed by atoms with Gasteiger partial charge in [-0.05, 0) is 6.42 Å². The van der Waals surface area contributed by atoms with Crippen LogP contribution < -0.4 is 0 Å². The molecule has 15 heavy (non-hydrogen) atoms. The van der Waals surface area contributed by atoms with Crippen LogP contribution in [0.1, 0.15) is 40.5 Å². The smallest absolute Gasteiger partial charge is 0.0697 e. The molecule has 0 aromatic rings. The molecule has 0 aromatic carbocycles. The van der Waals surface area contributed by atoms with Gasteiger partial charge in [0.25, 0.3) is 0 Å². The summed E-state index contributed by atoms with van der Waals surface area (Å²) in [6, 6.07) is 0. The third kappa shape index (κ3) is 63.4. The zero-order valence-electron chi connectivity index (χ0n) is 10.8. The number of aliphatic hydroxyl groups is 1. The third-order valence-corrected chi connectivity index (χ3v) is 0.878. The molecular weight excluding hydrogens is 342 g/mol. The molecule has 0 unspecified atom stereocenters. The minimum atomic E-state index is 0. The van der Waals surface area contributed by atoms with Gasteiger partial charge in [-0.1, -0.05) is 34.1 Å². The van der Waals surface area contributed by atoms with Crippen LogP contribution in [0.5, 0.6) is 0 Å². The molecule has 4 heteroatoms. The van der Waals surface area contributed by atoms with Crippen LogP contribution in [0.4, 0.5) is 0 Å². The van der Waals surface area contributed by atoms with Crippen molar-refractivity contribution in [3.05, 3.63) is 6.92 Å². The molecule has 0 amide bonds. The van der Waals surface area contributed by atoms with Crippen LogP contribution in [-0.4, -0.2) is 24.9 Å². The van der Waals surface area contributed by atoms with Crippen molar-refractivity contribution >= 4 is 0 Å². The van der Waals surface area contributed by atoms with E-state index in [2.05, 4.69) is 34.6 Å². The van der Waals surface area contributed by atoms with Crippen LogP contribution in [0.3, 0.4) is 0 Å².